The van der Waals surface area contributed by atoms with Crippen LogP contribution in [-0.4, -0.2) is 82.7 Å². The van der Waals surface area contributed by atoms with Gasteiger partial charge in [-0.2, -0.15) is 0 Å². The van der Waals surface area contributed by atoms with Gasteiger partial charge < -0.3 is 25.3 Å². The Morgan fingerprint density at radius 1 is 1.10 bits per heavy atom. The summed E-state index contributed by atoms with van der Waals surface area (Å²) < 4.78 is 5.11. The third-order valence-electron chi connectivity index (χ3n) is 6.93. The molecule has 0 aromatic heterocycles. The Bertz CT molecular complexity index is 1320. The van der Waals surface area contributed by atoms with Gasteiger partial charge in [-0.25, -0.2) is 5.01 Å². The molecule has 0 aliphatic carbocycles. The van der Waals surface area contributed by atoms with E-state index in [4.69, 9.17) is 9.57 Å². The van der Waals surface area contributed by atoms with Crippen molar-refractivity contribution in [2.45, 2.75) is 56.8 Å². The Morgan fingerprint density at radius 2 is 1.83 bits per heavy atom. The molecule has 2 aromatic carbocycles. The summed E-state index contributed by atoms with van der Waals surface area (Å²) in [7, 11) is 1.50. The number of oxime groups is 1. The average molecular weight is 580 g/mol. The molecule has 0 spiro atoms. The van der Waals surface area contributed by atoms with Crippen LogP contribution in [0.1, 0.15) is 48.0 Å². The van der Waals surface area contributed by atoms with Crippen molar-refractivity contribution in [3.05, 3.63) is 65.7 Å². The first-order chi connectivity index (χ1) is 20.3. The van der Waals surface area contributed by atoms with Crippen molar-refractivity contribution in [1.82, 2.24) is 20.7 Å². The van der Waals surface area contributed by atoms with Gasteiger partial charge in [-0.15, -0.1) is 0 Å². The number of carbonyl (C=O) groups excluding carboxylic acids is 4. The van der Waals surface area contributed by atoms with E-state index in [-0.39, 0.29) is 38.3 Å². The number of benzene rings is 2. The summed E-state index contributed by atoms with van der Waals surface area (Å²) >= 11 is 0. The number of carboxylic acids is 1. The SMILES string of the molecule is COc1ccc(C(=O)N[C@H]2CCC(=O)N3CCC[C@@H](C(=O)N[C@H](/C=N/OCc4ccccc4)CC(=O)O)N3C2=O)cc1. The van der Waals surface area contributed by atoms with Crippen LogP contribution in [0.2, 0.25) is 0 Å². The molecule has 222 valence electrons. The first kappa shape index (κ1) is 30.0. The lowest BCUT2D eigenvalue weighted by Gasteiger charge is -2.43. The van der Waals surface area contributed by atoms with Gasteiger partial charge in [0.2, 0.25) is 11.8 Å². The molecule has 0 radical (unpaired) electrons. The highest BCUT2D eigenvalue weighted by molar-refractivity contribution is 6.00. The molecule has 2 aromatic rings. The summed E-state index contributed by atoms with van der Waals surface area (Å²) in [4.78, 5) is 69.7. The van der Waals surface area contributed by atoms with Crippen LogP contribution in [0.5, 0.6) is 5.75 Å². The van der Waals surface area contributed by atoms with E-state index in [1.807, 2.05) is 30.3 Å². The van der Waals surface area contributed by atoms with Gasteiger partial charge in [0.15, 0.2) is 0 Å². The molecule has 0 unspecified atom stereocenters. The van der Waals surface area contributed by atoms with E-state index in [1.165, 1.54) is 18.3 Å². The standard InChI is InChI=1S/C29H33N5O8/c1-41-22-11-9-20(10-12-22)27(38)32-23-13-14-25(35)33-15-5-8-24(34(33)29(23)40)28(39)31-21(16-26(36)37)17-30-42-18-19-6-3-2-4-7-19/h2-4,6-7,9-12,17,21,23-24H,5,8,13-16,18H2,1H3,(H,31,39)(H,32,38)(H,36,37)/b30-17+/t21-,23-,24-/m0/s1. The number of rotatable bonds is 11. The lowest BCUT2D eigenvalue weighted by Crippen LogP contribution is -2.64. The van der Waals surface area contributed by atoms with E-state index in [0.29, 0.717) is 17.7 Å². The lowest BCUT2D eigenvalue weighted by molar-refractivity contribution is -0.176. The minimum atomic E-state index is -1.18. The zero-order chi connectivity index (χ0) is 30.1. The molecule has 13 heteroatoms. The highest BCUT2D eigenvalue weighted by Crippen LogP contribution is 2.25. The number of carboxylic acid groups (broad SMARTS) is 1. The summed E-state index contributed by atoms with van der Waals surface area (Å²) in [5, 5.41) is 20.9. The van der Waals surface area contributed by atoms with Gasteiger partial charge >= 0.3 is 5.97 Å². The second kappa shape index (κ2) is 14.1. The van der Waals surface area contributed by atoms with Crippen molar-refractivity contribution in [1.29, 1.82) is 0 Å². The van der Waals surface area contributed by atoms with Gasteiger partial charge in [-0.3, -0.25) is 29.0 Å². The van der Waals surface area contributed by atoms with Gasteiger partial charge in [-0.05, 0) is 49.1 Å². The maximum atomic E-state index is 13.7. The van der Waals surface area contributed by atoms with Crippen molar-refractivity contribution in [3.63, 3.8) is 0 Å². The number of amides is 4. The number of nitrogens with zero attached hydrogens (tertiary/aromatic N) is 3. The molecule has 2 fully saturated rings. The predicted octanol–water partition coefficient (Wildman–Crippen LogP) is 1.48. The Kier molecular flexibility index (Phi) is 10.1. The monoisotopic (exact) mass is 579 g/mol. The minimum Gasteiger partial charge on any atom is -0.497 e. The van der Waals surface area contributed by atoms with Gasteiger partial charge in [0, 0.05) is 18.5 Å². The number of hydrazine groups is 1. The topological polar surface area (TPSA) is 167 Å². The van der Waals surface area contributed by atoms with Crippen LogP contribution in [0.25, 0.3) is 0 Å². The molecule has 2 aliphatic heterocycles. The van der Waals surface area contributed by atoms with Crippen LogP contribution >= 0.6 is 0 Å². The number of aliphatic carboxylic acids is 1. The van der Waals surface area contributed by atoms with E-state index in [0.717, 1.165) is 10.6 Å². The fourth-order valence-electron chi connectivity index (χ4n) is 4.80. The fourth-order valence-corrected chi connectivity index (χ4v) is 4.80. The molecule has 3 atom stereocenters. The van der Waals surface area contributed by atoms with Crippen LogP contribution < -0.4 is 15.4 Å². The molecule has 4 amide bonds. The second-order valence-electron chi connectivity index (χ2n) is 9.88. The summed E-state index contributed by atoms with van der Waals surface area (Å²) in [6, 6.07) is 12.4. The van der Waals surface area contributed by atoms with Crippen molar-refractivity contribution in [3.8, 4) is 5.75 Å². The molecule has 2 saturated heterocycles. The number of ether oxygens (including phenoxy) is 1. The number of methoxy groups -OCH3 is 1. The van der Waals surface area contributed by atoms with Crippen LogP contribution in [-0.2, 0) is 30.6 Å². The van der Waals surface area contributed by atoms with Gasteiger partial charge in [0.25, 0.3) is 11.8 Å². The third-order valence-corrected chi connectivity index (χ3v) is 6.93. The van der Waals surface area contributed by atoms with Crippen molar-refractivity contribution >= 4 is 35.8 Å². The highest BCUT2D eigenvalue weighted by atomic mass is 16.6. The van der Waals surface area contributed by atoms with Gasteiger partial charge in [0.1, 0.15) is 24.4 Å². The largest absolute Gasteiger partial charge is 0.497 e. The summed E-state index contributed by atoms with van der Waals surface area (Å²) in [5.41, 5.74) is 1.16. The molecule has 2 aliphatic rings. The normalized spacial score (nSPS) is 19.5. The Morgan fingerprint density at radius 3 is 2.52 bits per heavy atom. The quantitative estimate of drug-likeness (QED) is 0.266. The molecule has 13 nitrogen and oxygen atoms in total. The maximum Gasteiger partial charge on any atom is 0.305 e. The van der Waals surface area contributed by atoms with Crippen LogP contribution in [0.3, 0.4) is 0 Å². The molecule has 2 heterocycles. The van der Waals surface area contributed by atoms with Crippen LogP contribution in [0, 0.1) is 0 Å². The summed E-state index contributed by atoms with van der Waals surface area (Å²) in [6.07, 6.45) is 1.46. The maximum absolute atomic E-state index is 13.7. The zero-order valence-corrected chi connectivity index (χ0v) is 23.1. The third kappa shape index (κ3) is 7.62. The number of nitrogens with one attached hydrogen (secondary N) is 2. The molecule has 0 saturated carbocycles. The predicted molar refractivity (Wildman–Crippen MR) is 149 cm³/mol. The smallest absolute Gasteiger partial charge is 0.305 e. The first-order valence-corrected chi connectivity index (χ1v) is 13.6. The molecule has 4 rings (SSSR count). The van der Waals surface area contributed by atoms with Gasteiger partial charge in [-0.1, -0.05) is 35.5 Å². The Hall–Kier alpha value is -4.94. The summed E-state index contributed by atoms with van der Waals surface area (Å²) in [6.45, 7) is 0.386. The minimum absolute atomic E-state index is 0.00279. The summed E-state index contributed by atoms with van der Waals surface area (Å²) in [5.74, 6) is -2.72. The first-order valence-electron chi connectivity index (χ1n) is 13.6. The van der Waals surface area contributed by atoms with Crippen molar-refractivity contribution in [2.75, 3.05) is 13.7 Å². The van der Waals surface area contributed by atoms with Crippen LogP contribution in [0.15, 0.2) is 59.8 Å². The molecule has 42 heavy (non-hydrogen) atoms. The van der Waals surface area contributed by atoms with Crippen LogP contribution in [0.4, 0.5) is 0 Å². The Balaban J connectivity index is 1.46. The Labute approximate surface area is 242 Å². The van der Waals surface area contributed by atoms with E-state index in [9.17, 15) is 29.1 Å². The average Bonchev–Trinajstić information content (AvgIpc) is 3.11. The highest BCUT2D eigenvalue weighted by Gasteiger charge is 2.44. The number of hydrogen-bond acceptors (Lipinski definition) is 8. The van der Waals surface area contributed by atoms with E-state index in [1.54, 1.807) is 24.3 Å². The van der Waals surface area contributed by atoms with Crippen molar-refractivity contribution < 1.29 is 38.7 Å². The van der Waals surface area contributed by atoms with E-state index >= 15 is 0 Å². The van der Waals surface area contributed by atoms with Crippen molar-refractivity contribution in [2.24, 2.45) is 5.16 Å². The number of hydrogen-bond donors (Lipinski definition) is 3. The zero-order valence-electron chi connectivity index (χ0n) is 23.1. The van der Waals surface area contributed by atoms with E-state index in [2.05, 4.69) is 15.8 Å². The van der Waals surface area contributed by atoms with E-state index < -0.39 is 48.2 Å². The second-order valence-corrected chi connectivity index (χ2v) is 9.88. The lowest BCUT2D eigenvalue weighted by atomic mass is 10.0. The number of fused-ring (bicyclic) bond motifs is 1. The molecule has 0 bridgehead atoms. The molecular formula is C29H33N5O8. The number of carbonyl (C=O) groups is 5. The molecular weight excluding hydrogens is 546 g/mol. The molecule has 3 N–H and O–H groups in total. The van der Waals surface area contributed by atoms with Gasteiger partial charge in [0.05, 0.1) is 25.8 Å². The fraction of sp³-hybridized carbons (Fsp3) is 0.379.